The summed E-state index contributed by atoms with van der Waals surface area (Å²) in [4.78, 5) is 0. The number of nitrogens with one attached hydrogen (secondary N) is 3. The van der Waals surface area contributed by atoms with E-state index >= 15 is 0 Å². The van der Waals surface area contributed by atoms with E-state index in [9.17, 15) is 9.50 Å². The normalized spacial score (nSPS) is 22.2. The molecule has 0 saturated carbocycles. The lowest BCUT2D eigenvalue weighted by Crippen LogP contribution is -2.30. The molecule has 1 aliphatic rings. The monoisotopic (exact) mass is 309 g/mol. The molecule has 0 bridgehead atoms. The molecule has 1 saturated heterocycles. The lowest BCUT2D eigenvalue weighted by atomic mass is 9.89. The molecule has 0 spiro atoms. The number of aliphatic hydroxyl groups is 1. The Morgan fingerprint density at radius 2 is 2.05 bits per heavy atom. The largest absolute Gasteiger partial charge is 0.396 e. The van der Waals surface area contributed by atoms with Crippen molar-refractivity contribution in [3.05, 3.63) is 35.6 Å². The molecule has 124 valence electrons. The van der Waals surface area contributed by atoms with Crippen LogP contribution >= 0.6 is 0 Å². The average molecular weight is 309 g/mol. The van der Waals surface area contributed by atoms with Crippen molar-refractivity contribution in [2.45, 2.75) is 32.7 Å². The number of benzene rings is 1. The van der Waals surface area contributed by atoms with Gasteiger partial charge in [-0.15, -0.1) is 0 Å². The van der Waals surface area contributed by atoms with Gasteiger partial charge in [0.15, 0.2) is 0 Å². The van der Waals surface area contributed by atoms with E-state index in [1.165, 1.54) is 12.1 Å². The van der Waals surface area contributed by atoms with Crippen molar-refractivity contribution >= 4 is 0 Å². The van der Waals surface area contributed by atoms with Crippen molar-refractivity contribution < 1.29 is 9.50 Å². The van der Waals surface area contributed by atoms with E-state index in [2.05, 4.69) is 30.0 Å². The first-order chi connectivity index (χ1) is 10.5. The standard InChI is InChI=1S/C17H28FN3O/c1-17(2,12-22)8-3-9-19-10-14-11-20-21-16(14)13-4-6-15(18)7-5-13/h4-7,14,16,19-22H,3,8-12H2,1-2H3. The summed E-state index contributed by atoms with van der Waals surface area (Å²) >= 11 is 0. The predicted octanol–water partition coefficient (Wildman–Crippen LogP) is 1.98. The lowest BCUT2D eigenvalue weighted by molar-refractivity contribution is 0.147. The van der Waals surface area contributed by atoms with Crippen LogP contribution in [0.2, 0.25) is 0 Å². The number of hydrazine groups is 1. The first kappa shape index (κ1) is 17.3. The van der Waals surface area contributed by atoms with Crippen molar-refractivity contribution in [3.63, 3.8) is 0 Å². The molecule has 0 radical (unpaired) electrons. The van der Waals surface area contributed by atoms with Gasteiger partial charge in [-0.05, 0) is 42.5 Å². The molecule has 0 amide bonds. The lowest BCUT2D eigenvalue weighted by Gasteiger charge is -2.22. The number of aliphatic hydroxyl groups excluding tert-OH is 1. The van der Waals surface area contributed by atoms with Gasteiger partial charge in [0.1, 0.15) is 5.82 Å². The summed E-state index contributed by atoms with van der Waals surface area (Å²) in [5.74, 6) is 0.243. The van der Waals surface area contributed by atoms with Gasteiger partial charge in [0.25, 0.3) is 0 Å². The van der Waals surface area contributed by atoms with Crippen LogP contribution in [-0.2, 0) is 0 Å². The predicted molar refractivity (Wildman–Crippen MR) is 86.7 cm³/mol. The van der Waals surface area contributed by atoms with Gasteiger partial charge in [-0.3, -0.25) is 5.43 Å². The molecule has 1 aromatic carbocycles. The Bertz CT molecular complexity index is 450. The molecule has 0 aliphatic carbocycles. The molecular weight excluding hydrogens is 281 g/mol. The first-order valence-corrected chi connectivity index (χ1v) is 8.07. The van der Waals surface area contributed by atoms with E-state index in [0.717, 1.165) is 38.0 Å². The van der Waals surface area contributed by atoms with Crippen LogP contribution in [0.4, 0.5) is 4.39 Å². The third-order valence-corrected chi connectivity index (χ3v) is 4.36. The van der Waals surface area contributed by atoms with Gasteiger partial charge in [0, 0.05) is 25.6 Å². The third kappa shape index (κ3) is 5.02. The van der Waals surface area contributed by atoms with Crippen molar-refractivity contribution in [2.75, 3.05) is 26.2 Å². The molecule has 2 unspecified atom stereocenters. The summed E-state index contributed by atoms with van der Waals surface area (Å²) in [6.07, 6.45) is 2.07. The molecule has 0 aromatic heterocycles. The molecule has 1 heterocycles. The molecule has 1 fully saturated rings. The van der Waals surface area contributed by atoms with Gasteiger partial charge >= 0.3 is 0 Å². The van der Waals surface area contributed by atoms with Crippen LogP contribution in [-0.4, -0.2) is 31.3 Å². The highest BCUT2D eigenvalue weighted by atomic mass is 19.1. The van der Waals surface area contributed by atoms with Gasteiger partial charge in [-0.2, -0.15) is 0 Å². The Kier molecular flexibility index (Phi) is 6.32. The van der Waals surface area contributed by atoms with Crippen LogP contribution < -0.4 is 16.2 Å². The van der Waals surface area contributed by atoms with E-state index in [0.29, 0.717) is 5.92 Å². The fourth-order valence-corrected chi connectivity index (χ4v) is 2.81. The summed E-state index contributed by atoms with van der Waals surface area (Å²) in [5.41, 5.74) is 7.58. The Hall–Kier alpha value is -1.01. The van der Waals surface area contributed by atoms with Crippen molar-refractivity contribution in [1.29, 1.82) is 0 Å². The summed E-state index contributed by atoms with van der Waals surface area (Å²) in [5, 5.41) is 12.7. The van der Waals surface area contributed by atoms with Gasteiger partial charge in [0.05, 0.1) is 6.04 Å². The van der Waals surface area contributed by atoms with Crippen molar-refractivity contribution in [3.8, 4) is 0 Å². The maximum atomic E-state index is 13.0. The maximum absolute atomic E-state index is 13.0. The smallest absolute Gasteiger partial charge is 0.123 e. The number of hydrogen-bond acceptors (Lipinski definition) is 4. The highest BCUT2D eigenvalue weighted by Gasteiger charge is 2.27. The van der Waals surface area contributed by atoms with Gasteiger partial charge in [-0.1, -0.05) is 26.0 Å². The van der Waals surface area contributed by atoms with Crippen LogP contribution in [0.5, 0.6) is 0 Å². The quantitative estimate of drug-likeness (QED) is 0.555. The summed E-state index contributed by atoms with van der Waals surface area (Å²) in [6, 6.07) is 6.92. The molecule has 4 nitrogen and oxygen atoms in total. The molecule has 1 aliphatic heterocycles. The second kappa shape index (κ2) is 8.02. The summed E-state index contributed by atoms with van der Waals surface area (Å²) in [6.45, 7) is 7.18. The van der Waals surface area contributed by atoms with E-state index in [1.807, 2.05) is 12.1 Å². The van der Waals surface area contributed by atoms with Crippen LogP contribution in [0, 0.1) is 17.2 Å². The molecule has 2 rings (SSSR count). The van der Waals surface area contributed by atoms with E-state index < -0.39 is 0 Å². The number of rotatable bonds is 8. The van der Waals surface area contributed by atoms with Gasteiger partial charge < -0.3 is 10.4 Å². The van der Waals surface area contributed by atoms with Crippen LogP contribution in [0.3, 0.4) is 0 Å². The summed E-state index contributed by atoms with van der Waals surface area (Å²) in [7, 11) is 0. The molecular formula is C17H28FN3O. The Morgan fingerprint density at radius 3 is 2.73 bits per heavy atom. The van der Waals surface area contributed by atoms with Crippen molar-refractivity contribution in [2.24, 2.45) is 11.3 Å². The zero-order valence-corrected chi connectivity index (χ0v) is 13.5. The number of hydrogen-bond donors (Lipinski definition) is 4. The number of halogens is 1. The maximum Gasteiger partial charge on any atom is 0.123 e. The first-order valence-electron chi connectivity index (χ1n) is 8.07. The van der Waals surface area contributed by atoms with Gasteiger partial charge in [-0.25, -0.2) is 9.82 Å². The molecule has 2 atom stereocenters. The third-order valence-electron chi connectivity index (χ3n) is 4.36. The zero-order valence-electron chi connectivity index (χ0n) is 13.5. The second-order valence-electron chi connectivity index (χ2n) is 6.94. The van der Waals surface area contributed by atoms with Gasteiger partial charge in [0.2, 0.25) is 0 Å². The molecule has 1 aromatic rings. The highest BCUT2D eigenvalue weighted by molar-refractivity contribution is 5.21. The van der Waals surface area contributed by atoms with E-state index in [1.54, 1.807) is 0 Å². The van der Waals surface area contributed by atoms with Crippen molar-refractivity contribution in [1.82, 2.24) is 16.2 Å². The minimum atomic E-state index is -0.198. The minimum Gasteiger partial charge on any atom is -0.396 e. The Morgan fingerprint density at radius 1 is 1.32 bits per heavy atom. The van der Waals surface area contributed by atoms with Crippen LogP contribution in [0.25, 0.3) is 0 Å². The Labute approximate surface area is 132 Å². The average Bonchev–Trinajstić information content (AvgIpc) is 2.96. The topological polar surface area (TPSA) is 56.3 Å². The van der Waals surface area contributed by atoms with Crippen LogP contribution in [0.15, 0.2) is 24.3 Å². The summed E-state index contributed by atoms with van der Waals surface area (Å²) < 4.78 is 13.0. The van der Waals surface area contributed by atoms with Crippen LogP contribution in [0.1, 0.15) is 38.3 Å². The van der Waals surface area contributed by atoms with E-state index in [-0.39, 0.29) is 23.9 Å². The Balaban J connectivity index is 1.74. The molecule has 22 heavy (non-hydrogen) atoms. The zero-order chi connectivity index (χ0) is 16.0. The van der Waals surface area contributed by atoms with E-state index in [4.69, 9.17) is 0 Å². The fraction of sp³-hybridized carbons (Fsp3) is 0.647. The fourth-order valence-electron chi connectivity index (χ4n) is 2.81. The molecule has 4 N–H and O–H groups in total. The molecule has 5 heteroatoms. The second-order valence-corrected chi connectivity index (χ2v) is 6.94. The minimum absolute atomic E-state index is 0.00873. The highest BCUT2D eigenvalue weighted by Crippen LogP contribution is 2.24. The SMILES string of the molecule is CC(C)(CO)CCCNCC1CNNC1c1ccc(F)cc1.